The van der Waals surface area contributed by atoms with Gasteiger partial charge in [-0.05, 0) is 88.5 Å². The number of rotatable bonds is 9. The molecule has 6 rings (SSSR count). The molecule has 2 aliphatic heterocycles. The number of carbonyl (C=O) groups excluding carboxylic acids is 3. The van der Waals surface area contributed by atoms with Crippen LogP contribution < -0.4 is 5.73 Å². The smallest absolute Gasteiger partial charge is 0.306 e. The molecule has 0 bridgehead atoms. The zero-order chi connectivity index (χ0) is 31.2. The van der Waals surface area contributed by atoms with E-state index in [1.165, 1.54) is 23.3 Å². The number of carbonyl (C=O) groups is 3. The molecule has 0 radical (unpaired) electrons. The minimum Gasteiger partial charge on any atom is -0.460 e. The summed E-state index contributed by atoms with van der Waals surface area (Å²) >= 11 is 0. The lowest BCUT2D eigenvalue weighted by atomic mass is 10.0. The molecule has 1 atom stereocenters. The third-order valence-electron chi connectivity index (χ3n) is 8.25. The molecule has 2 N–H and O–H groups in total. The van der Waals surface area contributed by atoms with Crippen molar-refractivity contribution in [3.63, 3.8) is 0 Å². The molecule has 11 nitrogen and oxygen atoms in total. The van der Waals surface area contributed by atoms with Gasteiger partial charge >= 0.3 is 5.97 Å². The van der Waals surface area contributed by atoms with Crippen molar-refractivity contribution in [3.05, 3.63) is 65.7 Å². The van der Waals surface area contributed by atoms with Crippen LogP contribution in [0.15, 0.2) is 49.1 Å². The van der Waals surface area contributed by atoms with Gasteiger partial charge in [0.2, 0.25) is 5.91 Å². The highest BCUT2D eigenvalue weighted by molar-refractivity contribution is 6.01. The second-order valence-electron chi connectivity index (χ2n) is 12.8. The van der Waals surface area contributed by atoms with Gasteiger partial charge in [0.05, 0.1) is 12.0 Å². The lowest BCUT2D eigenvalue weighted by molar-refractivity contribution is -0.155. The van der Waals surface area contributed by atoms with Crippen molar-refractivity contribution in [2.75, 3.05) is 13.1 Å². The Labute approximate surface area is 256 Å². The number of hydrogen-bond donors (Lipinski definition) is 1. The third-order valence-corrected chi connectivity index (χ3v) is 8.25. The highest BCUT2D eigenvalue weighted by atomic mass is 16.6. The number of nitrogens with zero attached hydrogens (tertiary/aromatic N) is 6. The lowest BCUT2D eigenvalue weighted by Crippen LogP contribution is -2.45. The van der Waals surface area contributed by atoms with Crippen LogP contribution in [-0.4, -0.2) is 71.4 Å². The average molecular weight is 598 g/mol. The van der Waals surface area contributed by atoms with Crippen LogP contribution in [0.5, 0.6) is 0 Å². The van der Waals surface area contributed by atoms with Crippen LogP contribution in [0.2, 0.25) is 0 Å². The molecule has 1 saturated heterocycles. The molecule has 11 heteroatoms. The Hall–Kier alpha value is -4.51. The van der Waals surface area contributed by atoms with Gasteiger partial charge < -0.3 is 19.9 Å². The van der Waals surface area contributed by atoms with Crippen LogP contribution in [0, 0.1) is 0 Å². The molecule has 0 saturated carbocycles. The van der Waals surface area contributed by atoms with E-state index in [0.29, 0.717) is 5.56 Å². The van der Waals surface area contributed by atoms with Crippen LogP contribution in [0.4, 0.5) is 0 Å². The predicted octanol–water partition coefficient (Wildman–Crippen LogP) is 3.95. The summed E-state index contributed by atoms with van der Waals surface area (Å²) in [6.45, 7) is 8.55. The maximum absolute atomic E-state index is 13.4. The Balaban J connectivity index is 1.31. The predicted molar refractivity (Wildman–Crippen MR) is 166 cm³/mol. The van der Waals surface area contributed by atoms with Gasteiger partial charge in [-0.15, -0.1) is 0 Å². The molecule has 0 spiro atoms. The summed E-state index contributed by atoms with van der Waals surface area (Å²) in [6, 6.07) is 9.00. The first-order valence-electron chi connectivity index (χ1n) is 15.1. The first-order chi connectivity index (χ1) is 21.0. The van der Waals surface area contributed by atoms with E-state index in [-0.39, 0.29) is 25.3 Å². The van der Waals surface area contributed by atoms with Gasteiger partial charge in [-0.25, -0.2) is 9.97 Å². The van der Waals surface area contributed by atoms with E-state index in [4.69, 9.17) is 15.5 Å². The van der Waals surface area contributed by atoms with Gasteiger partial charge in [0.25, 0.3) is 5.91 Å². The van der Waals surface area contributed by atoms with Crippen molar-refractivity contribution < 1.29 is 19.1 Å². The van der Waals surface area contributed by atoms with Crippen LogP contribution in [0.3, 0.4) is 0 Å². The number of esters is 1. The number of benzene rings is 1. The largest absolute Gasteiger partial charge is 0.460 e. The SMILES string of the molecule is Cn1cnc(-n2ccc3c(CN4CCCC4)cc(-c4ccc5c(c4)CN([C@H](CCC(=O)OC(C)(C)C)C(N)=O)C5=O)nc32)c1. The normalized spacial score (nSPS) is 16.1. The summed E-state index contributed by atoms with van der Waals surface area (Å²) in [5.74, 6) is -0.569. The number of imidazole rings is 1. The standard InChI is InChI=1S/C33H39N7O4/c1-33(2,3)44-29(41)10-9-27(30(34)42)40-18-22-15-21(7-8-25(22)32(40)43)26-16-23(17-38-12-5-6-13-38)24-11-14-39(31(24)36-26)28-19-37(4)20-35-28/h7-8,11,14-16,19-20,27H,5-6,9-10,12-13,17-18H2,1-4H3,(H2,34,42)/t27-/m1/s1. The van der Waals surface area contributed by atoms with E-state index >= 15 is 0 Å². The van der Waals surface area contributed by atoms with Crippen LogP contribution >= 0.6 is 0 Å². The lowest BCUT2D eigenvalue weighted by Gasteiger charge is -2.25. The quantitative estimate of drug-likeness (QED) is 0.289. The zero-order valence-electron chi connectivity index (χ0n) is 25.7. The minimum absolute atomic E-state index is 0.0180. The number of primary amides is 1. The maximum Gasteiger partial charge on any atom is 0.306 e. The Morgan fingerprint density at radius 2 is 1.89 bits per heavy atom. The molecule has 230 valence electrons. The van der Waals surface area contributed by atoms with Crippen molar-refractivity contribution in [1.82, 2.24) is 28.9 Å². The molecule has 2 aliphatic rings. The monoisotopic (exact) mass is 597 g/mol. The molecule has 4 aromatic rings. The molecule has 0 aliphatic carbocycles. The number of hydrogen-bond acceptors (Lipinski definition) is 7. The number of pyridine rings is 1. The second kappa shape index (κ2) is 11.5. The molecule has 2 amide bonds. The highest BCUT2D eigenvalue weighted by Gasteiger charge is 2.36. The fraction of sp³-hybridized carbons (Fsp3) is 0.424. The Morgan fingerprint density at radius 3 is 2.57 bits per heavy atom. The Morgan fingerprint density at radius 1 is 1.11 bits per heavy atom. The first kappa shape index (κ1) is 29.6. The van der Waals surface area contributed by atoms with Crippen molar-refractivity contribution in [2.45, 2.75) is 71.2 Å². The fourth-order valence-corrected chi connectivity index (χ4v) is 6.20. The van der Waals surface area contributed by atoms with Crippen LogP contribution in [0.1, 0.15) is 67.9 Å². The summed E-state index contributed by atoms with van der Waals surface area (Å²) in [5, 5.41) is 1.09. The van der Waals surface area contributed by atoms with Gasteiger partial charge in [0.15, 0.2) is 5.82 Å². The van der Waals surface area contributed by atoms with Crippen molar-refractivity contribution in [3.8, 4) is 17.1 Å². The number of aryl methyl sites for hydroxylation is 1. The highest BCUT2D eigenvalue weighted by Crippen LogP contribution is 2.33. The van der Waals surface area contributed by atoms with Gasteiger partial charge in [-0.1, -0.05) is 6.07 Å². The van der Waals surface area contributed by atoms with Crippen LogP contribution in [-0.2, 0) is 34.5 Å². The molecule has 5 heterocycles. The number of aromatic nitrogens is 4. The molecular formula is C33H39N7O4. The van der Waals surface area contributed by atoms with E-state index in [2.05, 4.69) is 22.0 Å². The number of likely N-dealkylation sites (tertiary alicyclic amines) is 1. The number of ether oxygens (including phenoxy) is 1. The minimum atomic E-state index is -0.922. The Kier molecular flexibility index (Phi) is 7.75. The average Bonchev–Trinajstić information content (AvgIpc) is 3.75. The number of fused-ring (bicyclic) bond motifs is 2. The molecular weight excluding hydrogens is 558 g/mol. The van der Waals surface area contributed by atoms with Crippen molar-refractivity contribution in [2.24, 2.45) is 12.8 Å². The summed E-state index contributed by atoms with van der Waals surface area (Å²) in [6.07, 6.45) is 8.23. The zero-order valence-corrected chi connectivity index (χ0v) is 25.7. The molecule has 1 fully saturated rings. The third kappa shape index (κ3) is 5.96. The van der Waals surface area contributed by atoms with E-state index in [1.54, 1.807) is 33.2 Å². The Bertz CT molecular complexity index is 1740. The van der Waals surface area contributed by atoms with Crippen molar-refractivity contribution >= 4 is 28.8 Å². The summed E-state index contributed by atoms with van der Waals surface area (Å²) in [7, 11) is 1.94. The molecule has 3 aromatic heterocycles. The van der Waals surface area contributed by atoms with Gasteiger partial charge in [0, 0.05) is 55.5 Å². The molecule has 1 aromatic carbocycles. The molecule has 44 heavy (non-hydrogen) atoms. The van der Waals surface area contributed by atoms with Crippen LogP contribution in [0.25, 0.3) is 28.1 Å². The van der Waals surface area contributed by atoms with Crippen molar-refractivity contribution in [1.29, 1.82) is 0 Å². The topological polar surface area (TPSA) is 129 Å². The maximum atomic E-state index is 13.4. The van der Waals surface area contributed by atoms with E-state index in [9.17, 15) is 14.4 Å². The summed E-state index contributed by atoms with van der Waals surface area (Å²) in [4.78, 5) is 51.8. The number of amides is 2. The molecule has 0 unspecified atom stereocenters. The van der Waals surface area contributed by atoms with Gasteiger partial charge in [-0.2, -0.15) is 0 Å². The summed E-state index contributed by atoms with van der Waals surface area (Å²) < 4.78 is 9.30. The van der Waals surface area contributed by atoms with E-state index in [0.717, 1.165) is 53.3 Å². The fourth-order valence-electron chi connectivity index (χ4n) is 6.20. The summed E-state index contributed by atoms with van der Waals surface area (Å²) in [5.41, 5.74) is 10.1. The van der Waals surface area contributed by atoms with E-state index < -0.39 is 23.5 Å². The first-order valence-corrected chi connectivity index (χ1v) is 15.1. The second-order valence-corrected chi connectivity index (χ2v) is 12.8. The number of nitrogens with two attached hydrogens (primary N) is 1. The van der Waals surface area contributed by atoms with Gasteiger partial charge in [0.1, 0.15) is 17.3 Å². The van der Waals surface area contributed by atoms with E-state index in [1.807, 2.05) is 40.7 Å². The van der Waals surface area contributed by atoms with Gasteiger partial charge in [-0.3, -0.25) is 23.9 Å².